The summed E-state index contributed by atoms with van der Waals surface area (Å²) in [6, 6.07) is 24.1. The summed E-state index contributed by atoms with van der Waals surface area (Å²) in [7, 11) is 4.07. The van der Waals surface area contributed by atoms with Gasteiger partial charge in [0.1, 0.15) is 0 Å². The van der Waals surface area contributed by atoms with Crippen molar-refractivity contribution in [3.8, 4) is 0 Å². The van der Waals surface area contributed by atoms with Gasteiger partial charge >= 0.3 is 0 Å². The first-order chi connectivity index (χ1) is 11.5. The summed E-state index contributed by atoms with van der Waals surface area (Å²) in [6.07, 6.45) is 0. The molecule has 3 aromatic rings. The lowest BCUT2D eigenvalue weighted by atomic mass is 10.2. The van der Waals surface area contributed by atoms with E-state index in [1.54, 1.807) is 0 Å². The molecule has 0 unspecified atom stereocenters. The number of nitrogen functional groups attached to an aromatic ring is 2. The van der Waals surface area contributed by atoms with Crippen LogP contribution < -0.4 is 21.3 Å². The van der Waals surface area contributed by atoms with Crippen LogP contribution >= 0.6 is 0 Å². The molecular formula is C20H22N4. The van der Waals surface area contributed by atoms with Gasteiger partial charge in [0.2, 0.25) is 0 Å². The van der Waals surface area contributed by atoms with Gasteiger partial charge in [-0.3, -0.25) is 0 Å². The van der Waals surface area contributed by atoms with Gasteiger partial charge in [0.15, 0.2) is 0 Å². The van der Waals surface area contributed by atoms with Crippen molar-refractivity contribution in [3.63, 3.8) is 0 Å². The van der Waals surface area contributed by atoms with Crippen LogP contribution in [-0.4, -0.2) is 14.1 Å². The van der Waals surface area contributed by atoms with E-state index in [4.69, 9.17) is 11.5 Å². The molecule has 0 amide bonds. The SMILES string of the molecule is CN(c1ccc(N(C)c2cccc(N)c2)cc1)c1cccc(N)c1. The van der Waals surface area contributed by atoms with Crippen LogP contribution in [0, 0.1) is 0 Å². The van der Waals surface area contributed by atoms with Gasteiger partial charge in [-0.1, -0.05) is 12.1 Å². The van der Waals surface area contributed by atoms with E-state index in [2.05, 4.69) is 34.1 Å². The molecule has 3 rings (SSSR count). The van der Waals surface area contributed by atoms with E-state index in [1.807, 2.05) is 62.6 Å². The Labute approximate surface area is 142 Å². The highest BCUT2D eigenvalue weighted by Crippen LogP contribution is 2.29. The first-order valence-corrected chi connectivity index (χ1v) is 7.83. The van der Waals surface area contributed by atoms with Crippen LogP contribution in [0.4, 0.5) is 34.1 Å². The minimum absolute atomic E-state index is 0.761. The molecular weight excluding hydrogens is 296 g/mol. The molecule has 3 aromatic carbocycles. The first kappa shape index (κ1) is 15.7. The normalized spacial score (nSPS) is 10.4. The number of benzene rings is 3. The molecule has 4 nitrogen and oxygen atoms in total. The van der Waals surface area contributed by atoms with E-state index >= 15 is 0 Å². The molecule has 0 aliphatic rings. The summed E-state index contributed by atoms with van der Waals surface area (Å²) in [4.78, 5) is 4.22. The van der Waals surface area contributed by atoms with Crippen molar-refractivity contribution in [3.05, 3.63) is 72.8 Å². The third-order valence-electron chi connectivity index (χ3n) is 4.14. The van der Waals surface area contributed by atoms with Crippen molar-refractivity contribution in [1.29, 1.82) is 0 Å². The Morgan fingerprint density at radius 1 is 0.542 bits per heavy atom. The number of anilines is 6. The number of hydrogen-bond donors (Lipinski definition) is 2. The zero-order valence-electron chi connectivity index (χ0n) is 14.0. The van der Waals surface area contributed by atoms with Crippen LogP contribution in [0.1, 0.15) is 0 Å². The Morgan fingerprint density at radius 2 is 0.917 bits per heavy atom. The molecule has 0 bridgehead atoms. The monoisotopic (exact) mass is 318 g/mol. The largest absolute Gasteiger partial charge is 0.399 e. The fourth-order valence-electron chi connectivity index (χ4n) is 2.66. The summed E-state index contributed by atoms with van der Waals surface area (Å²) < 4.78 is 0. The Kier molecular flexibility index (Phi) is 4.29. The second-order valence-electron chi connectivity index (χ2n) is 5.82. The number of rotatable bonds is 4. The molecule has 0 atom stereocenters. The quantitative estimate of drug-likeness (QED) is 0.701. The molecule has 0 saturated carbocycles. The maximum atomic E-state index is 5.87. The van der Waals surface area contributed by atoms with E-state index in [0.29, 0.717) is 0 Å². The van der Waals surface area contributed by atoms with Gasteiger partial charge in [0.05, 0.1) is 0 Å². The van der Waals surface area contributed by atoms with Gasteiger partial charge in [-0.2, -0.15) is 0 Å². The number of nitrogens with zero attached hydrogens (tertiary/aromatic N) is 2. The maximum Gasteiger partial charge on any atom is 0.0428 e. The summed E-state index contributed by atoms with van der Waals surface area (Å²) >= 11 is 0. The second-order valence-corrected chi connectivity index (χ2v) is 5.82. The fourth-order valence-corrected chi connectivity index (χ4v) is 2.66. The van der Waals surface area contributed by atoms with E-state index in [1.165, 1.54) is 0 Å². The van der Waals surface area contributed by atoms with Crippen molar-refractivity contribution in [1.82, 2.24) is 0 Å². The van der Waals surface area contributed by atoms with Crippen molar-refractivity contribution < 1.29 is 0 Å². The van der Waals surface area contributed by atoms with Crippen LogP contribution in [0.15, 0.2) is 72.8 Å². The lowest BCUT2D eigenvalue weighted by Gasteiger charge is -2.23. The van der Waals surface area contributed by atoms with Gasteiger partial charge in [-0.15, -0.1) is 0 Å². The highest BCUT2D eigenvalue weighted by molar-refractivity contribution is 5.70. The summed E-state index contributed by atoms with van der Waals surface area (Å²) in [5.41, 5.74) is 17.6. The third kappa shape index (κ3) is 3.27. The predicted octanol–water partition coefficient (Wildman–Crippen LogP) is 4.39. The molecule has 0 aliphatic heterocycles. The minimum atomic E-state index is 0.761. The van der Waals surface area contributed by atoms with Crippen LogP contribution in [-0.2, 0) is 0 Å². The van der Waals surface area contributed by atoms with Gasteiger partial charge in [0, 0.05) is 48.2 Å². The number of nitrogens with two attached hydrogens (primary N) is 2. The van der Waals surface area contributed by atoms with Crippen LogP contribution in [0.2, 0.25) is 0 Å². The van der Waals surface area contributed by atoms with Crippen molar-refractivity contribution in [2.45, 2.75) is 0 Å². The molecule has 0 spiro atoms. The van der Waals surface area contributed by atoms with Crippen molar-refractivity contribution >= 4 is 34.1 Å². The highest BCUT2D eigenvalue weighted by atomic mass is 15.1. The number of hydrogen-bond acceptors (Lipinski definition) is 4. The second kappa shape index (κ2) is 6.54. The average Bonchev–Trinajstić information content (AvgIpc) is 2.60. The smallest absolute Gasteiger partial charge is 0.0428 e. The van der Waals surface area contributed by atoms with Gasteiger partial charge in [-0.25, -0.2) is 0 Å². The van der Waals surface area contributed by atoms with Crippen molar-refractivity contribution in [2.24, 2.45) is 0 Å². The molecule has 4 heteroatoms. The van der Waals surface area contributed by atoms with Gasteiger partial charge in [0.25, 0.3) is 0 Å². The average molecular weight is 318 g/mol. The first-order valence-electron chi connectivity index (χ1n) is 7.83. The van der Waals surface area contributed by atoms with E-state index in [9.17, 15) is 0 Å². The standard InChI is InChI=1S/C20H22N4/c1-23(19-7-3-5-15(21)13-19)17-9-11-18(12-10-17)24(2)20-8-4-6-16(22)14-20/h3-14H,21-22H2,1-2H3. The molecule has 0 aromatic heterocycles. The zero-order valence-corrected chi connectivity index (χ0v) is 14.0. The Morgan fingerprint density at radius 3 is 1.25 bits per heavy atom. The topological polar surface area (TPSA) is 58.5 Å². The summed E-state index contributed by atoms with van der Waals surface area (Å²) in [6.45, 7) is 0. The van der Waals surface area contributed by atoms with Crippen LogP contribution in [0.3, 0.4) is 0 Å². The lowest BCUT2D eigenvalue weighted by Crippen LogP contribution is -2.12. The van der Waals surface area contributed by atoms with E-state index < -0.39 is 0 Å². The fraction of sp³-hybridized carbons (Fsp3) is 0.100. The Hall–Kier alpha value is -3.14. The van der Waals surface area contributed by atoms with Crippen molar-refractivity contribution in [2.75, 3.05) is 35.4 Å². The Bertz CT molecular complexity index is 757. The molecule has 0 radical (unpaired) electrons. The highest BCUT2D eigenvalue weighted by Gasteiger charge is 2.07. The Balaban J connectivity index is 1.82. The van der Waals surface area contributed by atoms with E-state index in [0.717, 1.165) is 34.1 Å². The molecule has 0 saturated heterocycles. The lowest BCUT2D eigenvalue weighted by molar-refractivity contribution is 1.18. The van der Waals surface area contributed by atoms with E-state index in [-0.39, 0.29) is 0 Å². The maximum absolute atomic E-state index is 5.87. The third-order valence-corrected chi connectivity index (χ3v) is 4.14. The molecule has 0 fully saturated rings. The van der Waals surface area contributed by atoms with Crippen LogP contribution in [0.25, 0.3) is 0 Å². The molecule has 0 heterocycles. The summed E-state index contributed by atoms with van der Waals surface area (Å²) in [5.74, 6) is 0. The zero-order chi connectivity index (χ0) is 17.1. The van der Waals surface area contributed by atoms with Gasteiger partial charge in [-0.05, 0) is 60.7 Å². The molecule has 4 N–H and O–H groups in total. The van der Waals surface area contributed by atoms with Gasteiger partial charge < -0.3 is 21.3 Å². The summed E-state index contributed by atoms with van der Waals surface area (Å²) in [5, 5.41) is 0. The molecule has 122 valence electrons. The molecule has 0 aliphatic carbocycles. The molecule has 24 heavy (non-hydrogen) atoms. The minimum Gasteiger partial charge on any atom is -0.399 e. The predicted molar refractivity (Wildman–Crippen MR) is 104 cm³/mol. The van der Waals surface area contributed by atoms with Crippen LogP contribution in [0.5, 0.6) is 0 Å².